The van der Waals surface area contributed by atoms with Gasteiger partial charge in [0, 0.05) is 24.9 Å². The van der Waals surface area contributed by atoms with Crippen molar-refractivity contribution in [1.82, 2.24) is 20.0 Å². The van der Waals surface area contributed by atoms with E-state index in [-0.39, 0.29) is 5.60 Å². The predicted octanol–water partition coefficient (Wildman–Crippen LogP) is 1.73. The molecule has 0 aromatic carbocycles. The van der Waals surface area contributed by atoms with Gasteiger partial charge in [0.05, 0.1) is 17.8 Å². The molecule has 1 aromatic heterocycles. The number of rotatable bonds is 4. The maximum absolute atomic E-state index is 6.19. The Kier molecular flexibility index (Phi) is 4.85. The average molecular weight is 306 g/mol. The zero-order valence-corrected chi connectivity index (χ0v) is 14.3. The van der Waals surface area contributed by atoms with Gasteiger partial charge in [-0.15, -0.1) is 0 Å². The Balaban J connectivity index is 1.55. The quantitative estimate of drug-likeness (QED) is 0.920. The molecule has 0 radical (unpaired) electrons. The van der Waals surface area contributed by atoms with Crippen LogP contribution < -0.4 is 5.32 Å². The van der Waals surface area contributed by atoms with Crippen LogP contribution in [0.2, 0.25) is 0 Å². The van der Waals surface area contributed by atoms with Gasteiger partial charge in [-0.2, -0.15) is 5.10 Å². The molecular weight excluding hydrogens is 276 g/mol. The molecular formula is C17H30N4O. The maximum atomic E-state index is 6.19. The van der Waals surface area contributed by atoms with Gasteiger partial charge in [0.15, 0.2) is 0 Å². The van der Waals surface area contributed by atoms with Crippen molar-refractivity contribution >= 4 is 0 Å². The zero-order chi connectivity index (χ0) is 15.6. The molecule has 1 aromatic rings. The second-order valence-electron chi connectivity index (χ2n) is 7.06. The van der Waals surface area contributed by atoms with Crippen molar-refractivity contribution in [3.8, 4) is 0 Å². The summed E-state index contributed by atoms with van der Waals surface area (Å²) in [4.78, 5) is 2.52. The summed E-state index contributed by atoms with van der Waals surface area (Å²) in [7, 11) is 2.26. The van der Waals surface area contributed by atoms with Crippen LogP contribution in [-0.4, -0.2) is 59.6 Å². The van der Waals surface area contributed by atoms with Crippen molar-refractivity contribution in [1.29, 1.82) is 0 Å². The third kappa shape index (κ3) is 3.53. The van der Waals surface area contributed by atoms with E-state index >= 15 is 0 Å². The molecule has 1 unspecified atom stereocenters. The van der Waals surface area contributed by atoms with E-state index in [2.05, 4.69) is 47.0 Å². The van der Waals surface area contributed by atoms with E-state index in [9.17, 15) is 0 Å². The molecule has 2 aliphatic rings. The van der Waals surface area contributed by atoms with Gasteiger partial charge in [-0.05, 0) is 65.7 Å². The normalized spacial score (nSPS) is 25.0. The third-order valence-electron chi connectivity index (χ3n) is 5.37. The number of likely N-dealkylation sites (N-methyl/N-ethyl adjacent to an activating group) is 1. The average Bonchev–Trinajstić information content (AvgIpc) is 2.83. The van der Waals surface area contributed by atoms with Crippen molar-refractivity contribution in [2.45, 2.75) is 57.7 Å². The van der Waals surface area contributed by atoms with E-state index in [1.165, 1.54) is 12.1 Å². The molecule has 0 aliphatic carbocycles. The van der Waals surface area contributed by atoms with E-state index in [1.54, 1.807) is 0 Å². The second kappa shape index (κ2) is 6.69. The molecule has 2 saturated heterocycles. The first-order chi connectivity index (χ1) is 10.6. The first-order valence-corrected chi connectivity index (χ1v) is 8.64. The van der Waals surface area contributed by atoms with Crippen molar-refractivity contribution in [3.05, 3.63) is 17.5 Å². The summed E-state index contributed by atoms with van der Waals surface area (Å²) in [5.74, 6) is 0. The van der Waals surface area contributed by atoms with Crippen LogP contribution in [0.25, 0.3) is 0 Å². The van der Waals surface area contributed by atoms with Gasteiger partial charge in [-0.3, -0.25) is 4.68 Å². The number of ether oxygens (including phenoxy) is 1. The van der Waals surface area contributed by atoms with Crippen LogP contribution in [0.1, 0.15) is 37.1 Å². The summed E-state index contributed by atoms with van der Waals surface area (Å²) >= 11 is 0. The highest BCUT2D eigenvalue weighted by molar-refractivity contribution is 5.06. The summed E-state index contributed by atoms with van der Waals surface area (Å²) in [5.41, 5.74) is 2.51. The number of aromatic nitrogens is 2. The molecule has 1 spiro atoms. The lowest BCUT2D eigenvalue weighted by atomic mass is 9.82. The van der Waals surface area contributed by atoms with Crippen LogP contribution in [0.15, 0.2) is 6.07 Å². The van der Waals surface area contributed by atoms with Crippen molar-refractivity contribution in [2.24, 2.45) is 0 Å². The van der Waals surface area contributed by atoms with Crippen LogP contribution in [0.3, 0.4) is 0 Å². The molecule has 1 atom stereocenters. The van der Waals surface area contributed by atoms with Gasteiger partial charge in [-0.1, -0.05) is 0 Å². The fourth-order valence-electron chi connectivity index (χ4n) is 3.95. The molecule has 2 aliphatic heterocycles. The molecule has 5 heteroatoms. The predicted molar refractivity (Wildman–Crippen MR) is 88.1 cm³/mol. The highest BCUT2D eigenvalue weighted by atomic mass is 16.5. The minimum atomic E-state index is 0.140. The van der Waals surface area contributed by atoms with E-state index in [4.69, 9.17) is 4.74 Å². The largest absolute Gasteiger partial charge is 0.375 e. The van der Waals surface area contributed by atoms with Crippen molar-refractivity contribution < 1.29 is 4.74 Å². The number of hydrogen-bond donors (Lipinski definition) is 1. The highest BCUT2D eigenvalue weighted by Gasteiger charge is 2.39. The highest BCUT2D eigenvalue weighted by Crippen LogP contribution is 2.34. The smallest absolute Gasteiger partial charge is 0.0721 e. The first kappa shape index (κ1) is 16.0. The topological polar surface area (TPSA) is 42.3 Å². The van der Waals surface area contributed by atoms with Crippen molar-refractivity contribution in [2.75, 3.05) is 33.3 Å². The SMILES string of the molecule is Cc1cc(C)n(CCN(C)C2CCOC3(CCNCC3)C2)n1. The van der Waals surface area contributed by atoms with E-state index < -0.39 is 0 Å². The van der Waals surface area contributed by atoms with Crippen LogP contribution in [0.4, 0.5) is 0 Å². The van der Waals surface area contributed by atoms with Crippen LogP contribution in [0, 0.1) is 13.8 Å². The lowest BCUT2D eigenvalue weighted by molar-refractivity contribution is -0.118. The third-order valence-corrected chi connectivity index (χ3v) is 5.37. The number of piperidine rings is 1. The van der Waals surface area contributed by atoms with Crippen molar-refractivity contribution in [3.63, 3.8) is 0 Å². The summed E-state index contributed by atoms with van der Waals surface area (Å²) in [6, 6.07) is 2.79. The zero-order valence-electron chi connectivity index (χ0n) is 14.3. The lowest BCUT2D eigenvalue weighted by Gasteiger charge is -2.46. The van der Waals surface area contributed by atoms with Gasteiger partial charge in [-0.25, -0.2) is 0 Å². The number of hydrogen-bond acceptors (Lipinski definition) is 4. The van der Waals surface area contributed by atoms with E-state index in [0.717, 1.165) is 57.7 Å². The van der Waals surface area contributed by atoms with Crippen LogP contribution in [-0.2, 0) is 11.3 Å². The Morgan fingerprint density at radius 1 is 1.41 bits per heavy atom. The number of nitrogens with one attached hydrogen (secondary N) is 1. The molecule has 3 heterocycles. The molecule has 2 fully saturated rings. The molecule has 22 heavy (non-hydrogen) atoms. The molecule has 3 rings (SSSR count). The molecule has 124 valence electrons. The number of nitrogens with zero attached hydrogens (tertiary/aromatic N) is 3. The van der Waals surface area contributed by atoms with Gasteiger partial charge in [0.1, 0.15) is 0 Å². The minimum absolute atomic E-state index is 0.140. The Bertz CT molecular complexity index is 487. The molecule has 1 N–H and O–H groups in total. The molecule has 0 amide bonds. The fourth-order valence-corrected chi connectivity index (χ4v) is 3.95. The summed E-state index contributed by atoms with van der Waals surface area (Å²) in [5, 5.41) is 8.02. The Morgan fingerprint density at radius 2 is 2.18 bits per heavy atom. The van der Waals surface area contributed by atoms with Crippen LogP contribution >= 0.6 is 0 Å². The van der Waals surface area contributed by atoms with E-state index in [0.29, 0.717) is 6.04 Å². The first-order valence-electron chi connectivity index (χ1n) is 8.64. The van der Waals surface area contributed by atoms with Gasteiger partial charge in [0.2, 0.25) is 0 Å². The van der Waals surface area contributed by atoms with Gasteiger partial charge < -0.3 is 15.0 Å². The number of aryl methyl sites for hydroxylation is 2. The lowest BCUT2D eigenvalue weighted by Crippen LogP contribution is -2.52. The Labute approximate surface area is 134 Å². The summed E-state index contributed by atoms with van der Waals surface area (Å²) < 4.78 is 8.32. The Morgan fingerprint density at radius 3 is 2.86 bits per heavy atom. The summed E-state index contributed by atoms with van der Waals surface area (Å²) in [6.07, 6.45) is 4.66. The maximum Gasteiger partial charge on any atom is 0.0721 e. The fraction of sp³-hybridized carbons (Fsp3) is 0.824. The minimum Gasteiger partial charge on any atom is -0.375 e. The molecule has 0 saturated carbocycles. The van der Waals surface area contributed by atoms with Crippen LogP contribution in [0.5, 0.6) is 0 Å². The monoisotopic (exact) mass is 306 g/mol. The standard InChI is InChI=1S/C17H30N4O/c1-14-12-15(2)21(19-14)10-9-20(3)16-4-11-22-17(13-16)5-7-18-8-6-17/h12,16,18H,4-11,13H2,1-3H3. The summed E-state index contributed by atoms with van der Waals surface area (Å²) in [6.45, 7) is 9.34. The van der Waals surface area contributed by atoms with Gasteiger partial charge in [0.25, 0.3) is 0 Å². The second-order valence-corrected chi connectivity index (χ2v) is 7.06. The molecule has 0 bridgehead atoms. The Hall–Kier alpha value is -0.910. The molecule has 5 nitrogen and oxygen atoms in total. The van der Waals surface area contributed by atoms with Gasteiger partial charge >= 0.3 is 0 Å². The van der Waals surface area contributed by atoms with E-state index in [1.807, 2.05) is 0 Å².